The number of nitriles is 1. The summed E-state index contributed by atoms with van der Waals surface area (Å²) in [6.45, 7) is 6.37. The van der Waals surface area contributed by atoms with Crippen molar-refractivity contribution in [1.29, 1.82) is 5.26 Å². The SMILES string of the molecule is C=CCn1c(C)nnc1SC(C#N)C1CCCC1. The number of aromatic nitrogens is 3. The zero-order chi connectivity index (χ0) is 13.0. The Morgan fingerprint density at radius 3 is 2.89 bits per heavy atom. The Morgan fingerprint density at radius 1 is 1.56 bits per heavy atom. The maximum absolute atomic E-state index is 9.33. The van der Waals surface area contributed by atoms with Crippen molar-refractivity contribution in [2.45, 2.75) is 49.6 Å². The van der Waals surface area contributed by atoms with Gasteiger partial charge in [0.2, 0.25) is 0 Å². The minimum absolute atomic E-state index is 0.000310. The van der Waals surface area contributed by atoms with E-state index in [0.29, 0.717) is 12.5 Å². The van der Waals surface area contributed by atoms with Crippen molar-refractivity contribution in [2.75, 3.05) is 0 Å². The average Bonchev–Trinajstić information content (AvgIpc) is 3.00. The zero-order valence-electron chi connectivity index (χ0n) is 10.7. The highest BCUT2D eigenvalue weighted by molar-refractivity contribution is 8.00. The van der Waals surface area contributed by atoms with Gasteiger partial charge in [0.25, 0.3) is 0 Å². The van der Waals surface area contributed by atoms with Crippen molar-refractivity contribution in [3.8, 4) is 6.07 Å². The van der Waals surface area contributed by atoms with Gasteiger partial charge >= 0.3 is 0 Å². The number of thioether (sulfide) groups is 1. The maximum Gasteiger partial charge on any atom is 0.192 e. The van der Waals surface area contributed by atoms with Crippen LogP contribution in [0.3, 0.4) is 0 Å². The Morgan fingerprint density at radius 2 is 2.28 bits per heavy atom. The molecule has 5 heteroatoms. The van der Waals surface area contributed by atoms with Crippen LogP contribution < -0.4 is 0 Å². The summed E-state index contributed by atoms with van der Waals surface area (Å²) < 4.78 is 2.01. The van der Waals surface area contributed by atoms with Crippen LogP contribution in [0.25, 0.3) is 0 Å². The van der Waals surface area contributed by atoms with Gasteiger partial charge in [0.05, 0.1) is 6.07 Å². The molecule has 1 saturated carbocycles. The summed E-state index contributed by atoms with van der Waals surface area (Å²) in [7, 11) is 0. The van der Waals surface area contributed by atoms with Gasteiger partial charge in [0.1, 0.15) is 11.1 Å². The average molecular weight is 262 g/mol. The van der Waals surface area contributed by atoms with Gasteiger partial charge in [-0.1, -0.05) is 30.7 Å². The first-order valence-electron chi connectivity index (χ1n) is 6.33. The molecule has 18 heavy (non-hydrogen) atoms. The van der Waals surface area contributed by atoms with E-state index in [1.54, 1.807) is 11.8 Å². The molecule has 1 aromatic rings. The highest BCUT2D eigenvalue weighted by atomic mass is 32.2. The van der Waals surface area contributed by atoms with Gasteiger partial charge < -0.3 is 4.57 Å². The highest BCUT2D eigenvalue weighted by Gasteiger charge is 2.27. The first-order valence-corrected chi connectivity index (χ1v) is 7.21. The molecule has 96 valence electrons. The number of nitrogens with zero attached hydrogens (tertiary/aromatic N) is 4. The van der Waals surface area contributed by atoms with Crippen molar-refractivity contribution >= 4 is 11.8 Å². The van der Waals surface area contributed by atoms with Crippen LogP contribution in [0.4, 0.5) is 0 Å². The molecule has 1 aromatic heterocycles. The smallest absolute Gasteiger partial charge is 0.192 e. The Balaban J connectivity index is 2.11. The molecule has 1 heterocycles. The Bertz CT molecular complexity index is 454. The standard InChI is InChI=1S/C13H18N4S/c1-3-8-17-10(2)15-16-13(17)18-12(9-14)11-6-4-5-7-11/h3,11-12H,1,4-8H2,2H3. The monoisotopic (exact) mass is 262 g/mol. The molecule has 0 amide bonds. The molecule has 0 bridgehead atoms. The molecule has 2 rings (SSSR count). The molecule has 1 atom stereocenters. The molecule has 1 aliphatic rings. The first-order chi connectivity index (χ1) is 8.76. The maximum atomic E-state index is 9.33. The molecule has 0 spiro atoms. The molecule has 0 aliphatic heterocycles. The first kappa shape index (κ1) is 13.2. The summed E-state index contributed by atoms with van der Waals surface area (Å²) in [4.78, 5) is 0. The summed E-state index contributed by atoms with van der Waals surface area (Å²) in [6.07, 6.45) is 6.67. The van der Waals surface area contributed by atoms with Crippen LogP contribution in [0.1, 0.15) is 31.5 Å². The predicted octanol–water partition coefficient (Wildman–Crippen LogP) is 2.95. The van der Waals surface area contributed by atoms with Gasteiger partial charge in [0, 0.05) is 6.54 Å². The highest BCUT2D eigenvalue weighted by Crippen LogP contribution is 2.36. The van der Waals surface area contributed by atoms with Gasteiger partial charge in [-0.25, -0.2) is 0 Å². The molecule has 1 unspecified atom stereocenters. The third kappa shape index (κ3) is 2.75. The van der Waals surface area contributed by atoms with Crippen LogP contribution in [-0.4, -0.2) is 20.0 Å². The van der Waals surface area contributed by atoms with Crippen molar-refractivity contribution in [2.24, 2.45) is 5.92 Å². The third-order valence-electron chi connectivity index (χ3n) is 3.40. The second-order valence-electron chi connectivity index (χ2n) is 4.64. The number of rotatable bonds is 5. The summed E-state index contributed by atoms with van der Waals surface area (Å²) in [5.74, 6) is 1.38. The second kappa shape index (κ2) is 6.05. The van der Waals surface area contributed by atoms with E-state index in [2.05, 4.69) is 22.8 Å². The zero-order valence-corrected chi connectivity index (χ0v) is 11.5. The second-order valence-corrected chi connectivity index (χ2v) is 5.75. The normalized spacial score (nSPS) is 17.6. The molecule has 1 aliphatic carbocycles. The van der Waals surface area contributed by atoms with E-state index >= 15 is 0 Å². The van der Waals surface area contributed by atoms with Crippen molar-refractivity contribution < 1.29 is 0 Å². The number of aryl methyl sites for hydroxylation is 1. The molecule has 1 fully saturated rings. The Labute approximate surface area is 112 Å². The number of allylic oxidation sites excluding steroid dienone is 1. The van der Waals surface area contributed by atoms with E-state index in [4.69, 9.17) is 0 Å². The minimum atomic E-state index is -0.000310. The lowest BCUT2D eigenvalue weighted by atomic mass is 10.1. The summed E-state index contributed by atoms with van der Waals surface area (Å²) in [5, 5.41) is 18.4. The fourth-order valence-corrected chi connectivity index (χ4v) is 3.56. The fourth-order valence-electron chi connectivity index (χ4n) is 2.39. The third-order valence-corrected chi connectivity index (χ3v) is 4.66. The number of hydrogen-bond donors (Lipinski definition) is 0. The van der Waals surface area contributed by atoms with Gasteiger partial charge in [-0.15, -0.1) is 16.8 Å². The van der Waals surface area contributed by atoms with Crippen molar-refractivity contribution in [3.05, 3.63) is 18.5 Å². The topological polar surface area (TPSA) is 54.5 Å². The van der Waals surface area contributed by atoms with E-state index in [1.165, 1.54) is 25.7 Å². The lowest BCUT2D eigenvalue weighted by molar-refractivity contribution is 0.572. The molecule has 0 radical (unpaired) electrons. The van der Waals surface area contributed by atoms with Gasteiger partial charge in [-0.3, -0.25) is 0 Å². The van der Waals surface area contributed by atoms with Crippen molar-refractivity contribution in [3.63, 3.8) is 0 Å². The van der Waals surface area contributed by atoms with Gasteiger partial charge in [-0.05, 0) is 25.7 Å². The van der Waals surface area contributed by atoms with E-state index in [1.807, 2.05) is 17.6 Å². The lowest BCUT2D eigenvalue weighted by Crippen LogP contribution is -2.13. The van der Waals surface area contributed by atoms with Crippen molar-refractivity contribution in [1.82, 2.24) is 14.8 Å². The van der Waals surface area contributed by atoms with Crippen LogP contribution >= 0.6 is 11.8 Å². The molecule has 0 aromatic carbocycles. The van der Waals surface area contributed by atoms with E-state index in [0.717, 1.165) is 11.0 Å². The van der Waals surface area contributed by atoms with E-state index < -0.39 is 0 Å². The van der Waals surface area contributed by atoms with Gasteiger partial charge in [-0.2, -0.15) is 5.26 Å². The molecule has 0 saturated heterocycles. The largest absolute Gasteiger partial charge is 0.302 e. The summed E-state index contributed by atoms with van der Waals surface area (Å²) >= 11 is 1.55. The van der Waals surface area contributed by atoms with Crippen LogP contribution in [0.15, 0.2) is 17.8 Å². The lowest BCUT2D eigenvalue weighted by Gasteiger charge is -2.15. The Hall–Kier alpha value is -1.28. The molecular formula is C13H18N4S. The summed E-state index contributed by atoms with van der Waals surface area (Å²) in [5.41, 5.74) is 0. The quantitative estimate of drug-likeness (QED) is 0.604. The molecule has 0 N–H and O–H groups in total. The predicted molar refractivity (Wildman–Crippen MR) is 72.2 cm³/mol. The summed E-state index contributed by atoms with van der Waals surface area (Å²) in [6, 6.07) is 2.43. The molecule has 4 nitrogen and oxygen atoms in total. The molecular weight excluding hydrogens is 244 g/mol. The Kier molecular flexibility index (Phi) is 4.43. The van der Waals surface area contributed by atoms with Crippen LogP contribution in [0.5, 0.6) is 0 Å². The van der Waals surface area contributed by atoms with Crippen LogP contribution in [-0.2, 0) is 6.54 Å². The fraction of sp³-hybridized carbons (Fsp3) is 0.615. The van der Waals surface area contributed by atoms with Crippen LogP contribution in [0.2, 0.25) is 0 Å². The van der Waals surface area contributed by atoms with Crippen LogP contribution in [0, 0.1) is 24.2 Å². The minimum Gasteiger partial charge on any atom is -0.302 e. The van der Waals surface area contributed by atoms with Gasteiger partial charge in [0.15, 0.2) is 5.16 Å². The number of hydrogen-bond acceptors (Lipinski definition) is 4. The van der Waals surface area contributed by atoms with E-state index in [9.17, 15) is 5.26 Å². The van der Waals surface area contributed by atoms with E-state index in [-0.39, 0.29) is 5.25 Å².